The average Bonchev–Trinajstić information content (AvgIpc) is 0.811. The van der Waals surface area contributed by atoms with Crippen LogP contribution in [0.15, 0.2) is 0 Å². The zero-order valence-corrected chi connectivity index (χ0v) is 3.50. The van der Waals surface area contributed by atoms with Gasteiger partial charge in [0.15, 0.2) is 0 Å². The van der Waals surface area contributed by atoms with Gasteiger partial charge >= 0.3 is 0 Å². The second kappa shape index (κ2) is 1.33. The maximum atomic E-state index is 2.08. The molecule has 0 aliphatic heterocycles. The lowest BCUT2D eigenvalue weighted by Crippen LogP contribution is -1.62. The van der Waals surface area contributed by atoms with Gasteiger partial charge in [0.25, 0.3) is 0 Å². The fourth-order valence-corrected chi connectivity index (χ4v) is 0. The van der Waals surface area contributed by atoms with E-state index in [0.717, 1.165) is 0 Å². The van der Waals surface area contributed by atoms with Gasteiger partial charge in [0.05, 0.1) is 0 Å². The summed E-state index contributed by atoms with van der Waals surface area (Å²) in [4.78, 5) is 0. The van der Waals surface area contributed by atoms with E-state index in [1.54, 1.807) is 0 Å². The number of rotatable bonds is 0. The molecule has 0 heteroatoms. The van der Waals surface area contributed by atoms with Crippen molar-refractivity contribution in [3.8, 4) is 0 Å². The van der Waals surface area contributed by atoms with Gasteiger partial charge < -0.3 is 0 Å². The van der Waals surface area contributed by atoms with E-state index in [0.29, 0.717) is 0 Å². The van der Waals surface area contributed by atoms with Crippen LogP contribution >= 0.6 is 0 Å². The number of hydrogen-bond donors (Lipinski definition) is 0. The van der Waals surface area contributed by atoms with Crippen molar-refractivity contribution < 1.29 is 0 Å². The standard InChI is InChI=1S/C4H9/c1-4(2)3/h1-3H3. The Morgan fingerprint density at radius 2 is 1.00 bits per heavy atom. The predicted molar refractivity (Wildman–Crippen MR) is 20.3 cm³/mol. The third-order valence-corrected chi connectivity index (χ3v) is 0. The molecule has 0 heterocycles. The molecule has 0 atom stereocenters. The Labute approximate surface area is 27.8 Å². The lowest BCUT2D eigenvalue weighted by molar-refractivity contribution is 1.10. The molecule has 0 bridgehead atoms. The summed E-state index contributed by atoms with van der Waals surface area (Å²) in [6.45, 7) is 6.25. The first-order valence-corrected chi connectivity index (χ1v) is 1.50. The molecule has 0 fully saturated rings. The molecule has 0 aromatic heterocycles. The average molecular weight is 57.1 g/mol. The molecule has 0 N–H and O–H groups in total. The summed E-state index contributed by atoms with van der Waals surface area (Å²) in [5.41, 5.74) is 0. The maximum Gasteiger partial charge on any atom is -0.0334 e. The molecule has 0 aliphatic carbocycles. The predicted octanol–water partition coefficient (Wildman–Crippen LogP) is 1.62. The van der Waals surface area contributed by atoms with Crippen molar-refractivity contribution >= 4 is 0 Å². The van der Waals surface area contributed by atoms with Crippen LogP contribution in [0.3, 0.4) is 0 Å². The van der Waals surface area contributed by atoms with Gasteiger partial charge in [-0.25, -0.2) is 0 Å². The molecule has 25 valence electrons. The molecular weight excluding hydrogens is 48.0 g/mol. The Kier molecular flexibility index (Phi) is 1.33. The van der Waals surface area contributed by atoms with Gasteiger partial charge in [0, 0.05) is 0 Å². The highest BCUT2D eigenvalue weighted by atomic mass is 13.7. The van der Waals surface area contributed by atoms with E-state index >= 15 is 0 Å². The molecule has 1 radical (unpaired) electrons. The maximum absolute atomic E-state index is 2.08. The molecule has 0 saturated carbocycles. The normalized spacial score (nSPS) is 9.00. The van der Waals surface area contributed by atoms with E-state index in [-0.39, 0.29) is 0 Å². The van der Waals surface area contributed by atoms with Crippen LogP contribution in [0.1, 0.15) is 20.8 Å². The monoisotopic (exact) mass is 57.1 g/mol. The van der Waals surface area contributed by atoms with Crippen LogP contribution in [-0.4, -0.2) is 0 Å². The Morgan fingerprint density at radius 3 is 1.00 bits per heavy atom. The van der Waals surface area contributed by atoms with Gasteiger partial charge in [0.2, 0.25) is 0 Å². The minimum absolute atomic E-state index is 1.42. The molecule has 0 nitrogen and oxygen atoms in total. The van der Waals surface area contributed by atoms with E-state index in [9.17, 15) is 0 Å². The Morgan fingerprint density at radius 1 is 1.00 bits per heavy atom. The largest absolute Gasteiger partial charge is 0.0597 e. The molecule has 0 saturated heterocycles. The highest BCUT2D eigenvalue weighted by molar-refractivity contribution is 4.64. The van der Waals surface area contributed by atoms with E-state index in [1.165, 1.54) is 5.92 Å². The summed E-state index contributed by atoms with van der Waals surface area (Å²) in [6, 6.07) is 0. The van der Waals surface area contributed by atoms with Crippen LogP contribution in [0.25, 0.3) is 0 Å². The van der Waals surface area contributed by atoms with E-state index < -0.39 is 0 Å². The summed E-state index contributed by atoms with van der Waals surface area (Å²) >= 11 is 0. The van der Waals surface area contributed by atoms with Crippen LogP contribution in [-0.2, 0) is 0 Å². The van der Waals surface area contributed by atoms with Crippen molar-refractivity contribution in [2.75, 3.05) is 0 Å². The third-order valence-electron chi connectivity index (χ3n) is 0. The zero-order chi connectivity index (χ0) is 3.58. The first-order valence-electron chi connectivity index (χ1n) is 1.50. The molecule has 0 aromatic rings. The molecule has 0 rings (SSSR count). The van der Waals surface area contributed by atoms with Crippen LogP contribution < -0.4 is 0 Å². The van der Waals surface area contributed by atoms with Crippen molar-refractivity contribution in [2.24, 2.45) is 0 Å². The topological polar surface area (TPSA) is 0 Å². The Balaban J connectivity index is 2.32. The Bertz CT molecular complexity index is 4.75. The fraction of sp³-hybridized carbons (Fsp3) is 0.750. The minimum atomic E-state index is 1.42. The van der Waals surface area contributed by atoms with E-state index in [1.807, 2.05) is 0 Å². The van der Waals surface area contributed by atoms with Crippen molar-refractivity contribution in [1.82, 2.24) is 0 Å². The fourth-order valence-electron chi connectivity index (χ4n) is 0. The van der Waals surface area contributed by atoms with Crippen LogP contribution in [0, 0.1) is 5.92 Å². The number of hydrogen-bond acceptors (Lipinski definition) is 0. The highest BCUT2D eigenvalue weighted by Gasteiger charge is 1.69. The second-order valence-electron chi connectivity index (χ2n) is 1.50. The van der Waals surface area contributed by atoms with Gasteiger partial charge in [-0.15, -0.1) is 0 Å². The Hall–Kier alpha value is 0. The summed E-state index contributed by atoms with van der Waals surface area (Å²) < 4.78 is 0. The quantitative estimate of drug-likeness (QED) is 0.396. The van der Waals surface area contributed by atoms with Gasteiger partial charge in [-0.3, -0.25) is 0 Å². The lowest BCUT2D eigenvalue weighted by atomic mass is 10.3. The SMILES string of the molecule is C[C](C)C. The zero-order valence-electron chi connectivity index (χ0n) is 3.50. The van der Waals surface area contributed by atoms with Crippen LogP contribution in [0.2, 0.25) is 0 Å². The molecule has 0 aliphatic rings. The molecular formula is C4H9. The molecule has 0 spiro atoms. The van der Waals surface area contributed by atoms with E-state index in [2.05, 4.69) is 20.8 Å². The minimum Gasteiger partial charge on any atom is -0.0597 e. The summed E-state index contributed by atoms with van der Waals surface area (Å²) in [6.07, 6.45) is 0. The van der Waals surface area contributed by atoms with E-state index in [4.69, 9.17) is 0 Å². The highest BCUT2D eigenvalue weighted by Crippen LogP contribution is 1.85. The first kappa shape index (κ1) is 4.00. The second-order valence-corrected chi connectivity index (χ2v) is 1.50. The van der Waals surface area contributed by atoms with Crippen molar-refractivity contribution in [2.45, 2.75) is 20.8 Å². The third kappa shape index (κ3) is 0. The van der Waals surface area contributed by atoms with Gasteiger partial charge in [-0.05, 0) is 5.92 Å². The van der Waals surface area contributed by atoms with Crippen molar-refractivity contribution in [1.29, 1.82) is 0 Å². The van der Waals surface area contributed by atoms with Gasteiger partial charge in [-0.1, -0.05) is 20.8 Å². The van der Waals surface area contributed by atoms with Gasteiger partial charge in [0.1, 0.15) is 0 Å². The molecule has 4 heavy (non-hydrogen) atoms. The van der Waals surface area contributed by atoms with Crippen LogP contribution in [0.4, 0.5) is 0 Å². The molecule has 0 unspecified atom stereocenters. The van der Waals surface area contributed by atoms with Crippen LogP contribution in [0.5, 0.6) is 0 Å². The lowest BCUT2D eigenvalue weighted by Gasteiger charge is -1.78. The first-order chi connectivity index (χ1) is 1.73. The smallest absolute Gasteiger partial charge is 0.0334 e. The summed E-state index contributed by atoms with van der Waals surface area (Å²) in [5, 5.41) is 0. The summed E-state index contributed by atoms with van der Waals surface area (Å²) in [7, 11) is 0. The van der Waals surface area contributed by atoms with Crippen molar-refractivity contribution in [3.63, 3.8) is 0 Å². The van der Waals surface area contributed by atoms with Gasteiger partial charge in [-0.2, -0.15) is 0 Å². The van der Waals surface area contributed by atoms with Crippen molar-refractivity contribution in [3.05, 3.63) is 5.92 Å². The molecule has 0 amide bonds. The molecule has 0 aromatic carbocycles. The summed E-state index contributed by atoms with van der Waals surface area (Å²) in [5.74, 6) is 1.42.